The molecule has 0 N–H and O–H groups in total. The van der Waals surface area contributed by atoms with Crippen molar-refractivity contribution in [3.05, 3.63) is 99.8 Å². The third kappa shape index (κ3) is 3.63. The highest BCUT2D eigenvalue weighted by atomic mass is 19.1. The van der Waals surface area contributed by atoms with Gasteiger partial charge in [-0.05, 0) is 36.4 Å². The molecule has 2 amide bonds. The number of rotatable bonds is 6. The van der Waals surface area contributed by atoms with Gasteiger partial charge in [0.2, 0.25) is 0 Å². The molecule has 0 saturated carbocycles. The highest BCUT2D eigenvalue weighted by molar-refractivity contribution is 6.21. The second-order valence-corrected chi connectivity index (χ2v) is 8.39. The lowest BCUT2D eigenvalue weighted by Gasteiger charge is -2.16. The summed E-state index contributed by atoms with van der Waals surface area (Å²) in [4.78, 5) is 53.2. The number of carbonyl (C=O) groups excluding carboxylic acids is 2. The number of amides is 2. The second kappa shape index (κ2) is 8.49. The Hall–Kier alpha value is -4.73. The molecule has 178 valence electrons. The Balaban J connectivity index is 1.31. The minimum absolute atomic E-state index is 0.0549. The van der Waals surface area contributed by atoms with E-state index in [0.29, 0.717) is 39.3 Å². The van der Waals surface area contributed by atoms with Crippen molar-refractivity contribution in [1.82, 2.24) is 24.4 Å². The van der Waals surface area contributed by atoms with Crippen LogP contribution in [0.4, 0.5) is 4.39 Å². The zero-order chi connectivity index (χ0) is 24.8. The Bertz CT molecular complexity index is 1710. The molecule has 0 fully saturated rings. The number of nitrogens with zero attached hydrogens (tertiary/aromatic N) is 5. The number of hydrogen-bond donors (Lipinski definition) is 0. The molecule has 2 aromatic carbocycles. The van der Waals surface area contributed by atoms with Crippen LogP contribution in [0, 0.1) is 5.82 Å². The first-order chi connectivity index (χ1) is 17.5. The van der Waals surface area contributed by atoms with Gasteiger partial charge in [0.15, 0.2) is 17.1 Å². The van der Waals surface area contributed by atoms with Crippen LogP contribution in [-0.4, -0.2) is 42.8 Å². The van der Waals surface area contributed by atoms with Gasteiger partial charge in [-0.3, -0.25) is 23.9 Å². The topological polar surface area (TPSA) is 111 Å². The summed E-state index contributed by atoms with van der Waals surface area (Å²) in [6.45, 7) is 0.239. The van der Waals surface area contributed by atoms with E-state index in [1.165, 1.54) is 27.7 Å². The molecule has 0 unspecified atom stereocenters. The van der Waals surface area contributed by atoms with Crippen LogP contribution in [-0.2, 0) is 19.4 Å². The van der Waals surface area contributed by atoms with E-state index in [2.05, 4.69) is 15.0 Å². The molecule has 10 heteroatoms. The number of aryl methyl sites for hydroxylation is 1. The van der Waals surface area contributed by atoms with Crippen molar-refractivity contribution in [2.45, 2.75) is 19.4 Å². The maximum atomic E-state index is 13.5. The Morgan fingerprint density at radius 3 is 2.42 bits per heavy atom. The summed E-state index contributed by atoms with van der Waals surface area (Å²) in [5, 5.41) is 0.349. The maximum absolute atomic E-state index is 13.5. The van der Waals surface area contributed by atoms with Gasteiger partial charge in [0.05, 0.1) is 16.5 Å². The summed E-state index contributed by atoms with van der Waals surface area (Å²) >= 11 is 0. The fourth-order valence-corrected chi connectivity index (χ4v) is 4.43. The Labute approximate surface area is 202 Å². The molecular weight excluding hydrogens is 465 g/mol. The monoisotopic (exact) mass is 483 g/mol. The normalized spacial score (nSPS) is 13.2. The number of aromatic nitrogens is 4. The molecule has 4 heterocycles. The van der Waals surface area contributed by atoms with Crippen LogP contribution in [0.5, 0.6) is 0 Å². The lowest BCUT2D eigenvalue weighted by molar-refractivity contribution is 0.0655. The van der Waals surface area contributed by atoms with E-state index in [9.17, 15) is 18.8 Å². The van der Waals surface area contributed by atoms with Crippen LogP contribution in [0.15, 0.2) is 70.0 Å². The lowest BCUT2D eigenvalue weighted by Crippen LogP contribution is -2.34. The van der Waals surface area contributed by atoms with Crippen molar-refractivity contribution in [1.29, 1.82) is 0 Å². The highest BCUT2D eigenvalue weighted by Crippen LogP contribution is 2.23. The van der Waals surface area contributed by atoms with Crippen molar-refractivity contribution >= 4 is 33.9 Å². The number of hydrogen-bond acceptors (Lipinski definition) is 7. The number of oxazole rings is 1. The van der Waals surface area contributed by atoms with Crippen LogP contribution >= 0.6 is 0 Å². The quantitative estimate of drug-likeness (QED) is 0.341. The third-order valence-electron chi connectivity index (χ3n) is 6.19. The summed E-state index contributed by atoms with van der Waals surface area (Å²) in [7, 11) is 0. The molecule has 0 radical (unpaired) electrons. The van der Waals surface area contributed by atoms with Gasteiger partial charge < -0.3 is 4.42 Å². The zero-order valence-corrected chi connectivity index (χ0v) is 18.8. The average Bonchev–Trinajstić information content (AvgIpc) is 3.40. The van der Waals surface area contributed by atoms with Crippen LogP contribution in [0.25, 0.3) is 22.1 Å². The van der Waals surface area contributed by atoms with Crippen LogP contribution in [0.1, 0.15) is 32.4 Å². The highest BCUT2D eigenvalue weighted by Gasteiger charge is 2.35. The number of halogens is 1. The first-order valence-corrected chi connectivity index (χ1v) is 11.3. The fourth-order valence-electron chi connectivity index (χ4n) is 4.43. The molecule has 0 saturated heterocycles. The molecule has 1 aliphatic heterocycles. The van der Waals surface area contributed by atoms with E-state index in [1.54, 1.807) is 42.6 Å². The van der Waals surface area contributed by atoms with Gasteiger partial charge in [-0.25, -0.2) is 19.3 Å². The van der Waals surface area contributed by atoms with E-state index in [4.69, 9.17) is 4.42 Å². The fraction of sp³-hybridized carbons (Fsp3) is 0.154. The minimum atomic E-state index is -0.428. The average molecular weight is 483 g/mol. The standard InChI is InChI=1S/C26H18FN5O4/c27-15-7-8-19-20(14-15)36-22(29-19)10-13-31-21(30-23-18(26(31)35)6-3-11-28-23)9-12-32-24(33)16-4-1-2-5-17(16)25(32)34/h1-8,11,14H,9-10,12-13H2. The molecule has 9 nitrogen and oxygen atoms in total. The maximum Gasteiger partial charge on any atom is 0.263 e. The van der Waals surface area contributed by atoms with Gasteiger partial charge in [0.1, 0.15) is 17.2 Å². The number of imide groups is 1. The van der Waals surface area contributed by atoms with Gasteiger partial charge in [-0.2, -0.15) is 0 Å². The SMILES string of the molecule is O=C1c2ccccc2C(=O)N1CCc1nc2ncccc2c(=O)n1CCc1nc2ccc(F)cc2o1. The van der Waals surface area contributed by atoms with Gasteiger partial charge in [-0.15, -0.1) is 0 Å². The van der Waals surface area contributed by atoms with Gasteiger partial charge in [-0.1, -0.05) is 12.1 Å². The molecule has 0 atom stereocenters. The summed E-state index contributed by atoms with van der Waals surface area (Å²) in [6.07, 6.45) is 1.96. The summed E-state index contributed by atoms with van der Waals surface area (Å²) in [6, 6.07) is 14.1. The van der Waals surface area contributed by atoms with E-state index in [-0.39, 0.29) is 49.0 Å². The predicted molar refractivity (Wildman–Crippen MR) is 127 cm³/mol. The van der Waals surface area contributed by atoms with Gasteiger partial charge in [0.25, 0.3) is 17.4 Å². The first-order valence-electron chi connectivity index (χ1n) is 11.3. The molecule has 0 spiro atoms. The van der Waals surface area contributed by atoms with Gasteiger partial charge in [0, 0.05) is 38.2 Å². The Morgan fingerprint density at radius 1 is 0.861 bits per heavy atom. The van der Waals surface area contributed by atoms with Crippen molar-refractivity contribution < 1.29 is 18.4 Å². The Kier molecular flexibility index (Phi) is 5.14. The second-order valence-electron chi connectivity index (χ2n) is 8.39. The summed E-state index contributed by atoms with van der Waals surface area (Å²) < 4.78 is 20.6. The molecule has 0 aliphatic carbocycles. The number of fused-ring (bicyclic) bond motifs is 3. The largest absolute Gasteiger partial charge is 0.441 e. The van der Waals surface area contributed by atoms with Crippen LogP contribution in [0.3, 0.4) is 0 Å². The Morgan fingerprint density at radius 2 is 1.64 bits per heavy atom. The van der Waals surface area contributed by atoms with E-state index < -0.39 is 5.82 Å². The van der Waals surface area contributed by atoms with Gasteiger partial charge >= 0.3 is 0 Å². The predicted octanol–water partition coefficient (Wildman–Crippen LogP) is 3.15. The minimum Gasteiger partial charge on any atom is -0.441 e. The molecule has 36 heavy (non-hydrogen) atoms. The van der Waals surface area contributed by atoms with Crippen molar-refractivity contribution in [2.24, 2.45) is 0 Å². The smallest absolute Gasteiger partial charge is 0.263 e. The zero-order valence-electron chi connectivity index (χ0n) is 18.8. The van der Waals surface area contributed by atoms with Crippen LogP contribution < -0.4 is 5.56 Å². The molecule has 6 rings (SSSR count). The van der Waals surface area contributed by atoms with E-state index in [0.717, 1.165) is 0 Å². The van der Waals surface area contributed by atoms with Crippen LogP contribution in [0.2, 0.25) is 0 Å². The third-order valence-corrected chi connectivity index (χ3v) is 6.19. The lowest BCUT2D eigenvalue weighted by atomic mass is 10.1. The van der Waals surface area contributed by atoms with E-state index in [1.807, 2.05) is 0 Å². The molecule has 3 aromatic heterocycles. The molecule has 5 aromatic rings. The van der Waals surface area contributed by atoms with Crippen molar-refractivity contribution in [3.63, 3.8) is 0 Å². The number of benzene rings is 2. The molecule has 0 bridgehead atoms. The molecular formula is C26H18FN5O4. The van der Waals surface area contributed by atoms with E-state index >= 15 is 0 Å². The number of carbonyl (C=O) groups is 2. The first kappa shape index (κ1) is 21.8. The van der Waals surface area contributed by atoms with Crippen molar-refractivity contribution in [2.75, 3.05) is 6.54 Å². The van der Waals surface area contributed by atoms with Crippen molar-refractivity contribution in [3.8, 4) is 0 Å². The summed E-state index contributed by atoms with van der Waals surface area (Å²) in [5.74, 6) is -0.447. The summed E-state index contributed by atoms with van der Waals surface area (Å²) in [5.41, 5.74) is 1.55. The molecule has 1 aliphatic rings. The number of pyridine rings is 1.